The lowest BCUT2D eigenvalue weighted by Crippen LogP contribution is -1.93. The zero-order valence-electron chi connectivity index (χ0n) is 8.25. The highest BCUT2D eigenvalue weighted by Crippen LogP contribution is 2.19. The van der Waals surface area contributed by atoms with Crippen LogP contribution in [0.1, 0.15) is 0 Å². The Kier molecular flexibility index (Phi) is 5.19. The monoisotopic (exact) mass is 245 g/mol. The molecule has 0 aliphatic rings. The van der Waals surface area contributed by atoms with Crippen molar-refractivity contribution < 1.29 is 0 Å². The molecule has 1 aromatic heterocycles. The zero-order valence-corrected chi connectivity index (χ0v) is 9.89. The number of halogens is 2. The summed E-state index contributed by atoms with van der Waals surface area (Å²) in [5.74, 6) is 0. The number of rotatable bonds is 1. The standard InChI is InChI=1S/C10H11N3.2ClH/c1-13-10(5-6-12-13)8-3-2-4-9(11)7-8;;/h2-7H,11H2,1H3;2*1H. The van der Waals surface area contributed by atoms with Crippen molar-refractivity contribution in [3.63, 3.8) is 0 Å². The molecule has 0 unspecified atom stereocenters. The van der Waals surface area contributed by atoms with Crippen LogP contribution >= 0.6 is 24.8 Å². The van der Waals surface area contributed by atoms with Crippen molar-refractivity contribution in [1.82, 2.24) is 9.78 Å². The average molecular weight is 246 g/mol. The van der Waals surface area contributed by atoms with E-state index >= 15 is 0 Å². The van der Waals surface area contributed by atoms with E-state index in [1.165, 1.54) is 0 Å². The van der Waals surface area contributed by atoms with Crippen LogP contribution in [-0.4, -0.2) is 9.78 Å². The molecule has 0 spiro atoms. The first kappa shape index (κ1) is 13.8. The normalized spacial score (nSPS) is 8.87. The van der Waals surface area contributed by atoms with E-state index in [-0.39, 0.29) is 24.8 Å². The van der Waals surface area contributed by atoms with Gasteiger partial charge < -0.3 is 5.73 Å². The predicted molar refractivity (Wildman–Crippen MR) is 67.6 cm³/mol. The number of hydrogen-bond donors (Lipinski definition) is 1. The Balaban J connectivity index is 0.000000980. The third-order valence-corrected chi connectivity index (χ3v) is 2.00. The van der Waals surface area contributed by atoms with Crippen molar-refractivity contribution in [2.75, 3.05) is 5.73 Å². The van der Waals surface area contributed by atoms with Crippen LogP contribution in [0.25, 0.3) is 11.3 Å². The maximum atomic E-state index is 5.69. The third-order valence-electron chi connectivity index (χ3n) is 2.00. The van der Waals surface area contributed by atoms with Gasteiger partial charge in [-0.15, -0.1) is 24.8 Å². The van der Waals surface area contributed by atoms with Crippen LogP contribution < -0.4 is 5.73 Å². The molecule has 0 aliphatic heterocycles. The molecular formula is C10H13Cl2N3. The van der Waals surface area contributed by atoms with Gasteiger partial charge in [0.25, 0.3) is 0 Å². The summed E-state index contributed by atoms with van der Waals surface area (Å²) in [6.45, 7) is 0. The molecular weight excluding hydrogens is 233 g/mol. The van der Waals surface area contributed by atoms with E-state index in [4.69, 9.17) is 5.73 Å². The van der Waals surface area contributed by atoms with Crippen molar-refractivity contribution in [2.24, 2.45) is 7.05 Å². The highest BCUT2D eigenvalue weighted by Gasteiger charge is 2.01. The topological polar surface area (TPSA) is 43.8 Å². The molecule has 5 heteroatoms. The number of aryl methyl sites for hydroxylation is 1. The van der Waals surface area contributed by atoms with Crippen molar-refractivity contribution in [3.05, 3.63) is 36.5 Å². The molecule has 0 atom stereocenters. The Bertz CT molecular complexity index is 426. The number of aromatic nitrogens is 2. The fourth-order valence-corrected chi connectivity index (χ4v) is 1.36. The summed E-state index contributed by atoms with van der Waals surface area (Å²) in [6.07, 6.45) is 1.78. The molecule has 0 aliphatic carbocycles. The number of hydrogen-bond acceptors (Lipinski definition) is 2. The Morgan fingerprint density at radius 1 is 1.20 bits per heavy atom. The average Bonchev–Trinajstić information content (AvgIpc) is 2.51. The summed E-state index contributed by atoms with van der Waals surface area (Å²) in [5.41, 5.74) is 8.64. The van der Waals surface area contributed by atoms with Crippen LogP contribution in [0.4, 0.5) is 5.69 Å². The SMILES string of the molecule is Cl.Cl.Cn1nccc1-c1cccc(N)c1. The van der Waals surface area contributed by atoms with Crippen molar-refractivity contribution in [2.45, 2.75) is 0 Å². The zero-order chi connectivity index (χ0) is 9.26. The molecule has 2 N–H and O–H groups in total. The molecule has 82 valence electrons. The molecule has 0 bridgehead atoms. The summed E-state index contributed by atoms with van der Waals surface area (Å²) in [5, 5.41) is 4.10. The summed E-state index contributed by atoms with van der Waals surface area (Å²) in [4.78, 5) is 0. The lowest BCUT2D eigenvalue weighted by Gasteiger charge is -2.02. The molecule has 1 heterocycles. The van der Waals surface area contributed by atoms with Gasteiger partial charge >= 0.3 is 0 Å². The van der Waals surface area contributed by atoms with E-state index in [1.54, 1.807) is 6.20 Å². The molecule has 0 saturated heterocycles. The molecule has 0 amide bonds. The van der Waals surface area contributed by atoms with Gasteiger partial charge in [0, 0.05) is 24.5 Å². The third kappa shape index (κ3) is 2.88. The van der Waals surface area contributed by atoms with Crippen LogP contribution in [0.15, 0.2) is 36.5 Å². The number of nitrogen functional groups attached to an aromatic ring is 1. The molecule has 15 heavy (non-hydrogen) atoms. The molecule has 3 nitrogen and oxygen atoms in total. The first-order valence-corrected chi connectivity index (χ1v) is 4.11. The smallest absolute Gasteiger partial charge is 0.0679 e. The maximum absolute atomic E-state index is 5.69. The minimum absolute atomic E-state index is 0. The quantitative estimate of drug-likeness (QED) is 0.785. The molecule has 2 rings (SSSR count). The minimum atomic E-state index is 0. The van der Waals surface area contributed by atoms with Crippen molar-refractivity contribution in [1.29, 1.82) is 0 Å². The number of nitrogens with two attached hydrogens (primary N) is 1. The van der Waals surface area contributed by atoms with Gasteiger partial charge in [0.2, 0.25) is 0 Å². The summed E-state index contributed by atoms with van der Waals surface area (Å²) in [6, 6.07) is 9.75. The summed E-state index contributed by atoms with van der Waals surface area (Å²) >= 11 is 0. The molecule has 0 fully saturated rings. The van der Waals surface area contributed by atoms with Gasteiger partial charge in [0.1, 0.15) is 0 Å². The number of benzene rings is 1. The Morgan fingerprint density at radius 2 is 1.93 bits per heavy atom. The predicted octanol–water partition coefficient (Wildman–Crippen LogP) is 2.51. The Labute approximate surface area is 101 Å². The van der Waals surface area contributed by atoms with Crippen LogP contribution in [-0.2, 0) is 7.05 Å². The van der Waals surface area contributed by atoms with E-state index in [9.17, 15) is 0 Å². The van der Waals surface area contributed by atoms with Crippen LogP contribution in [0.3, 0.4) is 0 Å². The molecule has 0 radical (unpaired) electrons. The van der Waals surface area contributed by atoms with Gasteiger partial charge in [-0.3, -0.25) is 4.68 Å². The second-order valence-electron chi connectivity index (χ2n) is 2.97. The lowest BCUT2D eigenvalue weighted by molar-refractivity contribution is 0.776. The van der Waals surface area contributed by atoms with Gasteiger partial charge in [0.15, 0.2) is 0 Å². The first-order valence-electron chi connectivity index (χ1n) is 4.11. The van der Waals surface area contributed by atoms with Crippen molar-refractivity contribution in [3.8, 4) is 11.3 Å². The van der Waals surface area contributed by atoms with E-state index in [1.807, 2.05) is 42.1 Å². The number of anilines is 1. The summed E-state index contributed by atoms with van der Waals surface area (Å²) < 4.78 is 1.83. The van der Waals surface area contributed by atoms with Gasteiger partial charge in [-0.1, -0.05) is 12.1 Å². The fourth-order valence-electron chi connectivity index (χ4n) is 1.36. The van der Waals surface area contributed by atoms with Gasteiger partial charge in [-0.05, 0) is 18.2 Å². The fraction of sp³-hybridized carbons (Fsp3) is 0.100. The maximum Gasteiger partial charge on any atom is 0.0679 e. The Morgan fingerprint density at radius 3 is 2.47 bits per heavy atom. The van der Waals surface area contributed by atoms with E-state index in [0.717, 1.165) is 16.9 Å². The lowest BCUT2D eigenvalue weighted by atomic mass is 10.1. The highest BCUT2D eigenvalue weighted by atomic mass is 35.5. The van der Waals surface area contributed by atoms with Crippen LogP contribution in [0, 0.1) is 0 Å². The molecule has 2 aromatic rings. The molecule has 1 aromatic carbocycles. The second kappa shape index (κ2) is 5.63. The van der Waals surface area contributed by atoms with Crippen LogP contribution in [0.2, 0.25) is 0 Å². The highest BCUT2D eigenvalue weighted by molar-refractivity contribution is 5.85. The Hall–Kier alpha value is -1.19. The van der Waals surface area contributed by atoms with Gasteiger partial charge in [0.05, 0.1) is 5.69 Å². The van der Waals surface area contributed by atoms with Gasteiger partial charge in [-0.25, -0.2) is 0 Å². The first-order chi connectivity index (χ1) is 6.27. The number of nitrogens with zero attached hydrogens (tertiary/aromatic N) is 2. The van der Waals surface area contributed by atoms with Gasteiger partial charge in [-0.2, -0.15) is 5.10 Å². The largest absolute Gasteiger partial charge is 0.399 e. The minimum Gasteiger partial charge on any atom is -0.399 e. The van der Waals surface area contributed by atoms with Crippen molar-refractivity contribution >= 4 is 30.5 Å². The summed E-state index contributed by atoms with van der Waals surface area (Å²) in [7, 11) is 1.92. The van der Waals surface area contributed by atoms with E-state index in [0.29, 0.717) is 0 Å². The second-order valence-corrected chi connectivity index (χ2v) is 2.97. The van der Waals surface area contributed by atoms with E-state index in [2.05, 4.69) is 5.10 Å². The van der Waals surface area contributed by atoms with E-state index < -0.39 is 0 Å². The molecule has 0 saturated carbocycles. The van der Waals surface area contributed by atoms with Crippen LogP contribution in [0.5, 0.6) is 0 Å².